The molecule has 106 valence electrons. The highest BCUT2D eigenvalue weighted by molar-refractivity contribution is 5.93. The van der Waals surface area contributed by atoms with Gasteiger partial charge in [0.05, 0.1) is 5.52 Å². The van der Waals surface area contributed by atoms with E-state index in [1.165, 1.54) is 29.5 Å². The molecule has 0 spiro atoms. The van der Waals surface area contributed by atoms with Crippen LogP contribution in [0.3, 0.4) is 0 Å². The number of hydrogen-bond donors (Lipinski definition) is 1. The molecule has 2 heteroatoms. The van der Waals surface area contributed by atoms with E-state index in [1.807, 2.05) is 12.3 Å². The van der Waals surface area contributed by atoms with E-state index in [0.29, 0.717) is 11.5 Å². The molecule has 1 saturated carbocycles. The predicted octanol–water partition coefficient (Wildman–Crippen LogP) is 4.78. The fraction of sp³-hybridized carbons (Fsp3) is 0.500. The van der Waals surface area contributed by atoms with Crippen molar-refractivity contribution in [3.05, 3.63) is 36.0 Å². The van der Waals surface area contributed by atoms with E-state index in [2.05, 4.69) is 56.2 Å². The zero-order valence-corrected chi connectivity index (χ0v) is 12.9. The van der Waals surface area contributed by atoms with Crippen molar-refractivity contribution in [3.63, 3.8) is 0 Å². The average Bonchev–Trinajstić information content (AvgIpc) is 2.66. The summed E-state index contributed by atoms with van der Waals surface area (Å²) >= 11 is 0. The zero-order chi connectivity index (χ0) is 14.3. The zero-order valence-electron chi connectivity index (χ0n) is 12.9. The van der Waals surface area contributed by atoms with Crippen molar-refractivity contribution in [2.75, 3.05) is 5.32 Å². The van der Waals surface area contributed by atoms with Gasteiger partial charge >= 0.3 is 0 Å². The summed E-state index contributed by atoms with van der Waals surface area (Å²) in [5.41, 5.74) is 4.04. The first kappa shape index (κ1) is 13.4. The summed E-state index contributed by atoms with van der Waals surface area (Å²) in [6, 6.07) is 9.13. The molecule has 0 saturated heterocycles. The molecule has 1 aliphatic rings. The van der Waals surface area contributed by atoms with Crippen LogP contribution in [-0.2, 0) is 0 Å². The Morgan fingerprint density at radius 3 is 2.70 bits per heavy atom. The van der Waals surface area contributed by atoms with Crippen molar-refractivity contribution in [1.29, 1.82) is 0 Å². The lowest BCUT2D eigenvalue weighted by atomic mass is 9.91. The van der Waals surface area contributed by atoms with Crippen molar-refractivity contribution in [3.8, 4) is 0 Å². The Morgan fingerprint density at radius 1 is 1.20 bits per heavy atom. The van der Waals surface area contributed by atoms with Gasteiger partial charge in [-0.05, 0) is 54.9 Å². The maximum atomic E-state index is 4.52. The van der Waals surface area contributed by atoms with Crippen LogP contribution < -0.4 is 5.32 Å². The van der Waals surface area contributed by atoms with Gasteiger partial charge in [0.15, 0.2) is 0 Å². The summed E-state index contributed by atoms with van der Waals surface area (Å²) in [6.45, 7) is 9.24. The van der Waals surface area contributed by atoms with Crippen LogP contribution >= 0.6 is 0 Å². The third-order valence-corrected chi connectivity index (χ3v) is 4.65. The molecule has 0 bridgehead atoms. The Hall–Kier alpha value is -1.57. The van der Waals surface area contributed by atoms with E-state index in [9.17, 15) is 0 Å². The summed E-state index contributed by atoms with van der Waals surface area (Å²) < 4.78 is 0. The van der Waals surface area contributed by atoms with Gasteiger partial charge in [-0.3, -0.25) is 4.98 Å². The molecule has 2 aromatic rings. The first-order valence-electron chi connectivity index (χ1n) is 7.57. The Balaban J connectivity index is 1.94. The second-order valence-corrected chi connectivity index (χ2v) is 7.13. The molecular formula is C18H24N2. The molecular weight excluding hydrogens is 244 g/mol. The number of aromatic nitrogens is 1. The first-order valence-corrected chi connectivity index (χ1v) is 7.57. The normalized spacial score (nSPS) is 25.0. The van der Waals surface area contributed by atoms with Crippen molar-refractivity contribution in [2.24, 2.45) is 11.3 Å². The second kappa shape index (κ2) is 4.76. The number of nitrogens with zero attached hydrogens (tertiary/aromatic N) is 1. The van der Waals surface area contributed by atoms with Gasteiger partial charge in [0, 0.05) is 23.3 Å². The molecule has 3 rings (SSSR count). The van der Waals surface area contributed by atoms with Crippen LogP contribution in [0, 0.1) is 18.3 Å². The summed E-state index contributed by atoms with van der Waals surface area (Å²) in [6.07, 6.45) is 4.41. The van der Waals surface area contributed by atoms with E-state index in [4.69, 9.17) is 0 Å². The quantitative estimate of drug-likeness (QED) is 0.847. The van der Waals surface area contributed by atoms with Crippen LogP contribution in [-0.4, -0.2) is 11.0 Å². The molecule has 20 heavy (non-hydrogen) atoms. The average molecular weight is 268 g/mol. The standard InChI is InChI=1S/C18H24N2/c1-12-7-8-15(14-6-5-9-19-17(12)14)20-16-11-18(3,4)10-13(16)2/h5-9,13,16,20H,10-11H2,1-4H3. The molecule has 1 heterocycles. The van der Waals surface area contributed by atoms with E-state index in [0.717, 1.165) is 11.4 Å². The third kappa shape index (κ3) is 2.39. The molecule has 1 aromatic carbocycles. The Kier molecular flexibility index (Phi) is 3.19. The maximum absolute atomic E-state index is 4.52. The van der Waals surface area contributed by atoms with Crippen molar-refractivity contribution >= 4 is 16.6 Å². The molecule has 2 nitrogen and oxygen atoms in total. The molecule has 1 aromatic heterocycles. The minimum absolute atomic E-state index is 0.454. The molecule has 0 amide bonds. The largest absolute Gasteiger partial charge is 0.381 e. The monoisotopic (exact) mass is 268 g/mol. The Bertz CT molecular complexity index is 630. The summed E-state index contributed by atoms with van der Waals surface area (Å²) in [4.78, 5) is 4.52. The van der Waals surface area contributed by atoms with Crippen molar-refractivity contribution < 1.29 is 0 Å². The Labute approximate surface area is 121 Å². The van der Waals surface area contributed by atoms with E-state index >= 15 is 0 Å². The van der Waals surface area contributed by atoms with Crippen LogP contribution in [0.1, 0.15) is 39.2 Å². The van der Waals surface area contributed by atoms with Gasteiger partial charge in [0.2, 0.25) is 0 Å². The van der Waals surface area contributed by atoms with Crippen LogP contribution in [0.25, 0.3) is 10.9 Å². The van der Waals surface area contributed by atoms with Gasteiger partial charge in [0.25, 0.3) is 0 Å². The molecule has 0 radical (unpaired) electrons. The smallest absolute Gasteiger partial charge is 0.0751 e. The number of anilines is 1. The summed E-state index contributed by atoms with van der Waals surface area (Å²) in [7, 11) is 0. The predicted molar refractivity (Wildman–Crippen MR) is 86.1 cm³/mol. The molecule has 0 aliphatic heterocycles. The van der Waals surface area contributed by atoms with Gasteiger partial charge in [-0.15, -0.1) is 0 Å². The highest BCUT2D eigenvalue weighted by atomic mass is 14.9. The van der Waals surface area contributed by atoms with Crippen molar-refractivity contribution in [1.82, 2.24) is 4.98 Å². The number of nitrogens with one attached hydrogen (secondary N) is 1. The molecule has 1 fully saturated rings. The molecule has 2 atom stereocenters. The van der Waals surface area contributed by atoms with Crippen LogP contribution in [0.2, 0.25) is 0 Å². The van der Waals surface area contributed by atoms with E-state index in [1.54, 1.807) is 0 Å². The minimum atomic E-state index is 0.454. The number of fused-ring (bicyclic) bond motifs is 1. The van der Waals surface area contributed by atoms with Crippen LogP contribution in [0.4, 0.5) is 5.69 Å². The highest BCUT2D eigenvalue weighted by Crippen LogP contribution is 2.42. The van der Waals surface area contributed by atoms with Gasteiger partial charge in [-0.2, -0.15) is 0 Å². The molecule has 1 N–H and O–H groups in total. The van der Waals surface area contributed by atoms with E-state index in [-0.39, 0.29) is 0 Å². The van der Waals surface area contributed by atoms with E-state index < -0.39 is 0 Å². The molecule has 2 unspecified atom stereocenters. The maximum Gasteiger partial charge on any atom is 0.0751 e. The SMILES string of the molecule is Cc1ccc(NC2CC(C)(C)CC2C)c2cccnc12. The van der Waals surface area contributed by atoms with Gasteiger partial charge < -0.3 is 5.32 Å². The van der Waals surface area contributed by atoms with Crippen molar-refractivity contribution in [2.45, 2.75) is 46.6 Å². The Morgan fingerprint density at radius 2 is 2.00 bits per heavy atom. The lowest BCUT2D eigenvalue weighted by Crippen LogP contribution is -2.22. The topological polar surface area (TPSA) is 24.9 Å². The number of hydrogen-bond acceptors (Lipinski definition) is 2. The summed E-state index contributed by atoms with van der Waals surface area (Å²) in [5, 5.41) is 5.02. The van der Waals surface area contributed by atoms with Gasteiger partial charge in [0.1, 0.15) is 0 Å². The van der Waals surface area contributed by atoms with Gasteiger partial charge in [-0.1, -0.05) is 26.8 Å². The second-order valence-electron chi connectivity index (χ2n) is 7.13. The lowest BCUT2D eigenvalue weighted by molar-refractivity contribution is 0.366. The number of rotatable bonds is 2. The fourth-order valence-corrected chi connectivity index (χ4v) is 3.73. The van der Waals surface area contributed by atoms with Crippen LogP contribution in [0.15, 0.2) is 30.5 Å². The number of benzene rings is 1. The number of pyridine rings is 1. The van der Waals surface area contributed by atoms with Gasteiger partial charge in [-0.25, -0.2) is 0 Å². The van der Waals surface area contributed by atoms with Crippen LogP contribution in [0.5, 0.6) is 0 Å². The minimum Gasteiger partial charge on any atom is -0.381 e. The third-order valence-electron chi connectivity index (χ3n) is 4.65. The lowest BCUT2D eigenvalue weighted by Gasteiger charge is -2.21. The molecule has 1 aliphatic carbocycles. The highest BCUT2D eigenvalue weighted by Gasteiger charge is 2.36. The summed E-state index contributed by atoms with van der Waals surface area (Å²) in [5.74, 6) is 0.720. The number of aryl methyl sites for hydroxylation is 1. The first-order chi connectivity index (χ1) is 9.46. The fourth-order valence-electron chi connectivity index (χ4n) is 3.73.